The van der Waals surface area contributed by atoms with E-state index in [1.807, 2.05) is 18.2 Å². The highest BCUT2D eigenvalue weighted by Crippen LogP contribution is 2.26. The third-order valence-corrected chi connectivity index (χ3v) is 3.19. The first-order chi connectivity index (χ1) is 10.1. The maximum absolute atomic E-state index is 14.0. The molecule has 3 nitrogen and oxygen atoms in total. The van der Waals surface area contributed by atoms with Gasteiger partial charge in [-0.1, -0.05) is 18.2 Å². The first-order valence-corrected chi connectivity index (χ1v) is 6.29. The molecule has 0 heterocycles. The smallest absolute Gasteiger partial charge is 0.183 e. The SMILES string of the molecule is COc1ccccc1CN(C)c1ccc(C#N)c(F)c1F. The number of hydrogen-bond acceptors (Lipinski definition) is 3. The summed E-state index contributed by atoms with van der Waals surface area (Å²) >= 11 is 0. The van der Waals surface area contributed by atoms with Gasteiger partial charge in [0, 0.05) is 19.2 Å². The molecule has 0 aliphatic heterocycles. The predicted molar refractivity (Wildman–Crippen MR) is 76.2 cm³/mol. The zero-order valence-electron chi connectivity index (χ0n) is 11.7. The van der Waals surface area contributed by atoms with Gasteiger partial charge in [0.2, 0.25) is 0 Å². The van der Waals surface area contributed by atoms with Gasteiger partial charge >= 0.3 is 0 Å². The van der Waals surface area contributed by atoms with Crippen LogP contribution < -0.4 is 9.64 Å². The molecule has 0 unspecified atom stereocenters. The fraction of sp³-hybridized carbons (Fsp3) is 0.188. The summed E-state index contributed by atoms with van der Waals surface area (Å²) < 4.78 is 32.9. The molecule has 0 fully saturated rings. The molecule has 0 spiro atoms. The third kappa shape index (κ3) is 2.95. The summed E-state index contributed by atoms with van der Waals surface area (Å²) in [6, 6.07) is 11.6. The number of nitriles is 1. The number of nitrogens with zero attached hydrogens (tertiary/aromatic N) is 2. The molecule has 0 saturated carbocycles. The van der Waals surface area contributed by atoms with Crippen LogP contribution in [-0.4, -0.2) is 14.2 Å². The molecule has 0 atom stereocenters. The standard InChI is InChI=1S/C16H14F2N2O/c1-20(10-12-5-3-4-6-14(12)21-2)13-8-7-11(9-19)15(17)16(13)18/h3-8H,10H2,1-2H3. The van der Waals surface area contributed by atoms with Crippen LogP contribution in [0.2, 0.25) is 0 Å². The van der Waals surface area contributed by atoms with Crippen molar-refractivity contribution >= 4 is 5.69 Å². The Morgan fingerprint density at radius 3 is 2.52 bits per heavy atom. The zero-order valence-corrected chi connectivity index (χ0v) is 11.7. The number of anilines is 1. The Bertz CT molecular complexity index is 695. The lowest BCUT2D eigenvalue weighted by molar-refractivity contribution is 0.409. The molecule has 2 aromatic rings. The molecule has 21 heavy (non-hydrogen) atoms. The van der Waals surface area contributed by atoms with E-state index in [-0.39, 0.29) is 11.3 Å². The van der Waals surface area contributed by atoms with Crippen LogP contribution in [0.1, 0.15) is 11.1 Å². The Hall–Kier alpha value is -2.61. The van der Waals surface area contributed by atoms with Crippen molar-refractivity contribution in [3.8, 4) is 11.8 Å². The largest absolute Gasteiger partial charge is 0.496 e. The second-order valence-electron chi connectivity index (χ2n) is 4.54. The van der Waals surface area contributed by atoms with Gasteiger partial charge in [-0.25, -0.2) is 8.78 Å². The first-order valence-electron chi connectivity index (χ1n) is 6.29. The van der Waals surface area contributed by atoms with E-state index in [1.165, 1.54) is 12.1 Å². The number of benzene rings is 2. The Kier molecular flexibility index (Phi) is 4.39. The molecule has 2 rings (SSSR count). The van der Waals surface area contributed by atoms with Gasteiger partial charge in [0.15, 0.2) is 11.6 Å². The molecule has 0 saturated heterocycles. The Morgan fingerprint density at radius 2 is 1.86 bits per heavy atom. The van der Waals surface area contributed by atoms with Gasteiger partial charge in [-0.15, -0.1) is 0 Å². The summed E-state index contributed by atoms with van der Waals surface area (Å²) in [5, 5.41) is 8.69. The van der Waals surface area contributed by atoms with Crippen LogP contribution in [0.25, 0.3) is 0 Å². The van der Waals surface area contributed by atoms with Crippen molar-refractivity contribution in [2.45, 2.75) is 6.54 Å². The van der Waals surface area contributed by atoms with Crippen LogP contribution in [0.3, 0.4) is 0 Å². The Morgan fingerprint density at radius 1 is 1.14 bits per heavy atom. The lowest BCUT2D eigenvalue weighted by atomic mass is 10.1. The summed E-state index contributed by atoms with van der Waals surface area (Å²) in [5.41, 5.74) is 0.644. The van der Waals surface area contributed by atoms with Crippen LogP contribution >= 0.6 is 0 Å². The molecule has 0 amide bonds. The van der Waals surface area contributed by atoms with E-state index < -0.39 is 11.6 Å². The highest BCUT2D eigenvalue weighted by Gasteiger charge is 2.17. The number of halogens is 2. The van der Waals surface area contributed by atoms with Crippen LogP contribution in [0.15, 0.2) is 36.4 Å². The molecule has 0 radical (unpaired) electrons. The van der Waals surface area contributed by atoms with Crippen LogP contribution in [0, 0.1) is 23.0 Å². The molecule has 2 aromatic carbocycles. The van der Waals surface area contributed by atoms with E-state index in [0.717, 1.165) is 5.56 Å². The van der Waals surface area contributed by atoms with E-state index >= 15 is 0 Å². The molecule has 0 aromatic heterocycles. The second kappa shape index (κ2) is 6.23. The van der Waals surface area contributed by atoms with Gasteiger partial charge in [0.1, 0.15) is 11.8 Å². The minimum absolute atomic E-state index is 0.0948. The summed E-state index contributed by atoms with van der Waals surface area (Å²) in [6.07, 6.45) is 0. The Labute approximate surface area is 122 Å². The summed E-state index contributed by atoms with van der Waals surface area (Å²) in [4.78, 5) is 1.57. The van der Waals surface area contributed by atoms with Gasteiger partial charge < -0.3 is 9.64 Å². The van der Waals surface area contributed by atoms with Crippen molar-refractivity contribution in [3.05, 3.63) is 59.2 Å². The van der Waals surface area contributed by atoms with E-state index in [9.17, 15) is 8.78 Å². The Balaban J connectivity index is 2.31. The fourth-order valence-electron chi connectivity index (χ4n) is 2.09. The van der Waals surface area contributed by atoms with E-state index in [2.05, 4.69) is 0 Å². The molecular weight excluding hydrogens is 274 g/mol. The van der Waals surface area contributed by atoms with Crippen molar-refractivity contribution in [3.63, 3.8) is 0 Å². The first kappa shape index (κ1) is 14.8. The van der Waals surface area contributed by atoms with Gasteiger partial charge in [-0.2, -0.15) is 5.26 Å². The monoisotopic (exact) mass is 288 g/mol. The van der Waals surface area contributed by atoms with E-state index in [0.29, 0.717) is 12.3 Å². The molecule has 5 heteroatoms. The summed E-state index contributed by atoms with van der Waals surface area (Å²) in [5.74, 6) is -1.47. The molecular formula is C16H14F2N2O. The van der Waals surface area contributed by atoms with Gasteiger partial charge in [0.25, 0.3) is 0 Å². The van der Waals surface area contributed by atoms with Crippen molar-refractivity contribution in [2.75, 3.05) is 19.1 Å². The van der Waals surface area contributed by atoms with Crippen molar-refractivity contribution in [2.24, 2.45) is 0 Å². The molecule has 0 bridgehead atoms. The highest BCUT2D eigenvalue weighted by molar-refractivity contribution is 5.52. The molecule has 0 N–H and O–H groups in total. The maximum Gasteiger partial charge on any atom is 0.183 e. The van der Waals surface area contributed by atoms with E-state index in [1.54, 1.807) is 31.2 Å². The highest BCUT2D eigenvalue weighted by atomic mass is 19.2. The van der Waals surface area contributed by atoms with Gasteiger partial charge in [-0.3, -0.25) is 0 Å². The molecule has 0 aliphatic carbocycles. The van der Waals surface area contributed by atoms with Crippen molar-refractivity contribution in [1.29, 1.82) is 5.26 Å². The normalized spacial score (nSPS) is 10.0. The quantitative estimate of drug-likeness (QED) is 0.864. The second-order valence-corrected chi connectivity index (χ2v) is 4.54. The summed E-state index contributed by atoms with van der Waals surface area (Å²) in [7, 11) is 3.21. The third-order valence-electron chi connectivity index (χ3n) is 3.19. The van der Waals surface area contributed by atoms with Crippen LogP contribution in [0.4, 0.5) is 14.5 Å². The number of ether oxygens (including phenoxy) is 1. The number of methoxy groups -OCH3 is 1. The summed E-state index contributed by atoms with van der Waals surface area (Å²) in [6.45, 7) is 0.353. The average molecular weight is 288 g/mol. The van der Waals surface area contributed by atoms with Gasteiger partial charge in [-0.05, 0) is 18.2 Å². The van der Waals surface area contributed by atoms with Crippen molar-refractivity contribution < 1.29 is 13.5 Å². The lowest BCUT2D eigenvalue weighted by Gasteiger charge is -2.21. The minimum Gasteiger partial charge on any atom is -0.496 e. The number of rotatable bonds is 4. The minimum atomic E-state index is -1.12. The topological polar surface area (TPSA) is 36.3 Å². The number of hydrogen-bond donors (Lipinski definition) is 0. The average Bonchev–Trinajstić information content (AvgIpc) is 2.50. The lowest BCUT2D eigenvalue weighted by Crippen LogP contribution is -2.19. The maximum atomic E-state index is 14.0. The predicted octanol–water partition coefficient (Wildman–Crippen LogP) is 3.48. The molecule has 0 aliphatic rings. The van der Waals surface area contributed by atoms with Crippen LogP contribution in [0.5, 0.6) is 5.75 Å². The van der Waals surface area contributed by atoms with Gasteiger partial charge in [0.05, 0.1) is 18.4 Å². The van der Waals surface area contributed by atoms with E-state index in [4.69, 9.17) is 10.00 Å². The van der Waals surface area contributed by atoms with Crippen molar-refractivity contribution in [1.82, 2.24) is 0 Å². The fourth-order valence-corrected chi connectivity index (χ4v) is 2.09. The van der Waals surface area contributed by atoms with Crippen LogP contribution in [-0.2, 0) is 6.54 Å². The molecule has 108 valence electrons. The number of para-hydroxylation sites is 1. The zero-order chi connectivity index (χ0) is 15.4.